The molecule has 3 heteroatoms. The number of hydrogen-bond acceptors (Lipinski definition) is 2. The molecule has 94 valence electrons. The number of rotatable bonds is 4. The molecule has 0 bridgehead atoms. The molecule has 1 atom stereocenters. The molecule has 0 unspecified atom stereocenters. The summed E-state index contributed by atoms with van der Waals surface area (Å²) in [6, 6.07) is 10.2. The van der Waals surface area contributed by atoms with Crippen LogP contribution in [-0.4, -0.2) is 24.1 Å². The summed E-state index contributed by atoms with van der Waals surface area (Å²) in [5, 5.41) is 0. The van der Waals surface area contributed by atoms with Crippen molar-refractivity contribution in [2.24, 2.45) is 0 Å². The van der Waals surface area contributed by atoms with E-state index in [0.717, 1.165) is 24.9 Å². The van der Waals surface area contributed by atoms with Crippen molar-refractivity contribution < 1.29 is 9.53 Å². The van der Waals surface area contributed by atoms with Gasteiger partial charge in [0.15, 0.2) is 0 Å². The largest absolute Gasteiger partial charge is 0.447 e. The zero-order chi connectivity index (χ0) is 11.4. The Bertz CT molecular complexity index is 350. The summed E-state index contributed by atoms with van der Waals surface area (Å²) >= 11 is 0. The van der Waals surface area contributed by atoms with E-state index in [9.17, 15) is 4.79 Å². The summed E-state index contributed by atoms with van der Waals surface area (Å²) in [6.07, 6.45) is 1.94. The van der Waals surface area contributed by atoms with Crippen LogP contribution in [0, 0.1) is 0 Å². The van der Waals surface area contributed by atoms with Gasteiger partial charge in [-0.25, -0.2) is 4.79 Å². The van der Waals surface area contributed by atoms with E-state index >= 15 is 0 Å². The maximum absolute atomic E-state index is 11.6. The van der Waals surface area contributed by atoms with Crippen molar-refractivity contribution >= 4 is 6.09 Å². The van der Waals surface area contributed by atoms with Crippen LogP contribution in [-0.2, 0) is 4.74 Å². The Labute approximate surface area is 103 Å². The Morgan fingerprint density at radius 3 is 2.71 bits per heavy atom. The van der Waals surface area contributed by atoms with Crippen LogP contribution in [0.4, 0.5) is 4.79 Å². The van der Waals surface area contributed by atoms with E-state index in [0.29, 0.717) is 6.61 Å². The Hall–Kier alpha value is -1.51. The summed E-state index contributed by atoms with van der Waals surface area (Å²) in [6.45, 7) is 3.39. The maximum Gasteiger partial charge on any atom is 0.410 e. The first-order chi connectivity index (χ1) is 7.83. The van der Waals surface area contributed by atoms with Crippen molar-refractivity contribution in [3.8, 4) is 0 Å². The van der Waals surface area contributed by atoms with Crippen molar-refractivity contribution in [3.63, 3.8) is 0 Å². The summed E-state index contributed by atoms with van der Waals surface area (Å²) in [5.74, 6) is 0. The van der Waals surface area contributed by atoms with Gasteiger partial charge in [0.25, 0.3) is 0 Å². The van der Waals surface area contributed by atoms with Crippen LogP contribution in [0.15, 0.2) is 30.3 Å². The Morgan fingerprint density at radius 1 is 1.35 bits per heavy atom. The van der Waals surface area contributed by atoms with Gasteiger partial charge in [-0.15, -0.1) is 0 Å². The molecule has 0 radical (unpaired) electrons. The average molecular weight is 235 g/mol. The van der Waals surface area contributed by atoms with Crippen molar-refractivity contribution in [3.05, 3.63) is 35.9 Å². The second kappa shape index (κ2) is 6.28. The number of carbonyl (C=O) groups is 1. The molecule has 0 saturated carbocycles. The van der Waals surface area contributed by atoms with Crippen LogP contribution >= 0.6 is 0 Å². The normalized spacial score (nSPS) is 18.8. The molecule has 1 aromatic carbocycles. The quantitative estimate of drug-likeness (QED) is 0.797. The summed E-state index contributed by atoms with van der Waals surface area (Å²) in [7, 11) is 0. The molecule has 1 aliphatic heterocycles. The van der Waals surface area contributed by atoms with Gasteiger partial charge < -0.3 is 4.74 Å². The van der Waals surface area contributed by atoms with Crippen LogP contribution in [0.3, 0.4) is 0 Å². The highest BCUT2D eigenvalue weighted by Crippen LogP contribution is 2.27. The number of amides is 1. The Kier molecular flexibility index (Phi) is 5.01. The zero-order valence-electron chi connectivity index (χ0n) is 9.56. The third kappa shape index (κ3) is 2.99. The molecule has 1 fully saturated rings. The molecule has 3 nitrogen and oxygen atoms in total. The Morgan fingerprint density at radius 2 is 2.06 bits per heavy atom. The van der Waals surface area contributed by atoms with Crippen molar-refractivity contribution in [2.75, 3.05) is 13.2 Å². The number of ether oxygens (including phenoxy) is 1. The van der Waals surface area contributed by atoms with Gasteiger partial charge in [0.05, 0.1) is 6.04 Å². The number of cyclic esters (lactones) is 1. The summed E-state index contributed by atoms with van der Waals surface area (Å²) < 4.78 is 5.12. The fourth-order valence-electron chi connectivity index (χ4n) is 1.98. The lowest BCUT2D eigenvalue weighted by molar-refractivity contribution is 0.157. The molecule has 0 N–H and O–H groups in total. The van der Waals surface area contributed by atoms with E-state index in [-0.39, 0.29) is 19.6 Å². The smallest absolute Gasteiger partial charge is 0.410 e. The molecule has 0 spiro atoms. The van der Waals surface area contributed by atoms with Gasteiger partial charge in [-0.3, -0.25) is 4.90 Å². The van der Waals surface area contributed by atoms with E-state index in [1.54, 1.807) is 0 Å². The third-order valence-electron chi connectivity index (χ3n) is 2.91. The minimum absolute atomic E-state index is 0. The van der Waals surface area contributed by atoms with Crippen LogP contribution < -0.4 is 0 Å². The Balaban J connectivity index is 0.00000144. The van der Waals surface area contributed by atoms with Crippen molar-refractivity contribution in [2.45, 2.75) is 33.2 Å². The highest BCUT2D eigenvalue weighted by Gasteiger charge is 2.33. The molecule has 1 aliphatic rings. The minimum Gasteiger partial charge on any atom is -0.447 e. The van der Waals surface area contributed by atoms with Gasteiger partial charge in [0.2, 0.25) is 0 Å². The van der Waals surface area contributed by atoms with E-state index in [1.165, 1.54) is 0 Å². The van der Waals surface area contributed by atoms with Crippen molar-refractivity contribution in [1.29, 1.82) is 0 Å². The second-order valence-electron chi connectivity index (χ2n) is 4.05. The molecule has 2 rings (SSSR count). The molecule has 0 aliphatic carbocycles. The minimum atomic E-state index is -0.178. The van der Waals surface area contributed by atoms with Gasteiger partial charge in [0.1, 0.15) is 6.61 Å². The van der Waals surface area contributed by atoms with E-state index in [4.69, 9.17) is 4.74 Å². The zero-order valence-corrected chi connectivity index (χ0v) is 9.56. The number of unbranched alkanes of at least 4 members (excludes halogenated alkanes) is 1. The number of carbonyl (C=O) groups excluding carboxylic acids is 1. The molecular formula is C14H21NO2. The standard InChI is InChI=1S/C13H17NO2.CH4/c1-2-3-9-14-12(10-16-13(14)15)11-7-5-4-6-8-11;/h4-8,12H,2-3,9-10H2,1H3;1H4/t12-;/m0./s1. The fraction of sp³-hybridized carbons (Fsp3) is 0.500. The number of nitrogens with zero attached hydrogens (tertiary/aromatic N) is 1. The van der Waals surface area contributed by atoms with Crippen LogP contribution in [0.25, 0.3) is 0 Å². The molecule has 0 aromatic heterocycles. The van der Waals surface area contributed by atoms with E-state index < -0.39 is 0 Å². The van der Waals surface area contributed by atoms with Gasteiger partial charge in [-0.05, 0) is 12.0 Å². The fourth-order valence-corrected chi connectivity index (χ4v) is 1.98. The first-order valence-corrected chi connectivity index (χ1v) is 5.81. The number of hydrogen-bond donors (Lipinski definition) is 0. The molecule has 17 heavy (non-hydrogen) atoms. The highest BCUT2D eigenvalue weighted by molar-refractivity contribution is 5.70. The highest BCUT2D eigenvalue weighted by atomic mass is 16.6. The lowest BCUT2D eigenvalue weighted by Crippen LogP contribution is -2.28. The molecular weight excluding hydrogens is 214 g/mol. The molecule has 1 amide bonds. The number of benzene rings is 1. The van der Waals surface area contributed by atoms with E-state index in [1.807, 2.05) is 35.2 Å². The van der Waals surface area contributed by atoms with Crippen LogP contribution in [0.5, 0.6) is 0 Å². The monoisotopic (exact) mass is 235 g/mol. The van der Waals surface area contributed by atoms with Gasteiger partial charge in [-0.1, -0.05) is 51.1 Å². The van der Waals surface area contributed by atoms with Gasteiger partial charge >= 0.3 is 6.09 Å². The van der Waals surface area contributed by atoms with Gasteiger partial charge in [0, 0.05) is 6.54 Å². The van der Waals surface area contributed by atoms with Gasteiger partial charge in [-0.2, -0.15) is 0 Å². The summed E-state index contributed by atoms with van der Waals surface area (Å²) in [4.78, 5) is 13.4. The first kappa shape index (κ1) is 13.6. The summed E-state index contributed by atoms with van der Waals surface area (Å²) in [5.41, 5.74) is 1.16. The van der Waals surface area contributed by atoms with Crippen molar-refractivity contribution in [1.82, 2.24) is 4.90 Å². The first-order valence-electron chi connectivity index (χ1n) is 5.81. The SMILES string of the molecule is C.CCCCN1C(=O)OC[C@H]1c1ccccc1. The maximum atomic E-state index is 11.6. The third-order valence-corrected chi connectivity index (χ3v) is 2.91. The molecule has 1 saturated heterocycles. The average Bonchev–Trinajstić information content (AvgIpc) is 2.69. The molecule has 1 heterocycles. The lowest BCUT2D eigenvalue weighted by Gasteiger charge is -2.21. The van der Waals surface area contributed by atoms with E-state index in [2.05, 4.69) is 6.92 Å². The lowest BCUT2D eigenvalue weighted by atomic mass is 10.1. The second-order valence-corrected chi connectivity index (χ2v) is 4.05. The van der Waals surface area contributed by atoms with Crippen LogP contribution in [0.1, 0.15) is 38.8 Å². The predicted molar refractivity (Wildman–Crippen MR) is 68.9 cm³/mol. The topological polar surface area (TPSA) is 29.5 Å². The van der Waals surface area contributed by atoms with Crippen LogP contribution in [0.2, 0.25) is 0 Å². The predicted octanol–water partition coefficient (Wildman–Crippen LogP) is 3.62. The molecule has 1 aromatic rings.